The van der Waals surface area contributed by atoms with Gasteiger partial charge in [0.2, 0.25) is 0 Å². The zero-order chi connectivity index (χ0) is 16.3. The van der Waals surface area contributed by atoms with Crippen LogP contribution in [-0.2, 0) is 23.0 Å². The number of rotatable bonds is 3. The summed E-state index contributed by atoms with van der Waals surface area (Å²) in [6.45, 7) is 0. The van der Waals surface area contributed by atoms with Gasteiger partial charge in [-0.3, -0.25) is 4.21 Å². The number of hydrogen-bond acceptors (Lipinski definition) is 5. The Labute approximate surface area is 125 Å². The lowest BCUT2D eigenvalue weighted by Gasteiger charge is -2.11. The third-order valence-electron chi connectivity index (χ3n) is 2.60. The highest BCUT2D eigenvalue weighted by Crippen LogP contribution is 2.30. The average molecular weight is 326 g/mol. The van der Waals surface area contributed by atoms with Crippen LogP contribution in [0.4, 0.5) is 13.2 Å². The van der Waals surface area contributed by atoms with E-state index in [-0.39, 0.29) is 16.8 Å². The molecule has 0 amide bonds. The van der Waals surface area contributed by atoms with Crippen LogP contribution in [0.25, 0.3) is 11.3 Å². The summed E-state index contributed by atoms with van der Waals surface area (Å²) in [5.74, 6) is -1.19. The maximum atomic E-state index is 12.8. The molecule has 0 fully saturated rings. The summed E-state index contributed by atoms with van der Waals surface area (Å²) in [6, 6.07) is 8.40. The van der Waals surface area contributed by atoms with Crippen molar-refractivity contribution in [1.82, 2.24) is 9.97 Å². The van der Waals surface area contributed by atoms with Gasteiger partial charge < -0.3 is 4.55 Å². The second-order valence-electron chi connectivity index (χ2n) is 4.19. The summed E-state index contributed by atoms with van der Waals surface area (Å²) in [5.41, 5.74) is -0.816. The third kappa shape index (κ3) is 3.87. The summed E-state index contributed by atoms with van der Waals surface area (Å²) >= 11 is -2.62. The lowest BCUT2D eigenvalue weighted by atomic mass is 10.1. The minimum Gasteiger partial charge on any atom is -0.772 e. The molecule has 5 nitrogen and oxygen atoms in total. The summed E-state index contributed by atoms with van der Waals surface area (Å²) in [4.78, 5) is 7.04. The average Bonchev–Trinajstić information content (AvgIpc) is 2.45. The number of alkyl halides is 3. The number of nitriles is 1. The third-order valence-corrected chi connectivity index (χ3v) is 3.09. The molecule has 0 saturated heterocycles. The summed E-state index contributed by atoms with van der Waals surface area (Å²) < 4.78 is 59.9. The van der Waals surface area contributed by atoms with Gasteiger partial charge in [0.25, 0.3) is 0 Å². The fourth-order valence-electron chi connectivity index (χ4n) is 1.71. The molecule has 1 aromatic carbocycles. The van der Waals surface area contributed by atoms with Gasteiger partial charge in [-0.2, -0.15) is 18.4 Å². The Morgan fingerprint density at radius 1 is 1.27 bits per heavy atom. The topological polar surface area (TPSA) is 89.7 Å². The molecule has 1 atom stereocenters. The van der Waals surface area contributed by atoms with Crippen molar-refractivity contribution in [1.29, 1.82) is 5.26 Å². The molecule has 0 aliphatic carbocycles. The highest BCUT2D eigenvalue weighted by molar-refractivity contribution is 7.78. The van der Waals surface area contributed by atoms with Crippen molar-refractivity contribution in [3.05, 3.63) is 47.4 Å². The van der Waals surface area contributed by atoms with E-state index in [9.17, 15) is 21.9 Å². The van der Waals surface area contributed by atoms with Crippen LogP contribution < -0.4 is 0 Å². The van der Waals surface area contributed by atoms with E-state index in [0.29, 0.717) is 6.07 Å². The molecule has 1 unspecified atom stereocenters. The fourth-order valence-corrected chi connectivity index (χ4v) is 2.05. The van der Waals surface area contributed by atoms with Crippen molar-refractivity contribution >= 4 is 11.1 Å². The molecule has 22 heavy (non-hydrogen) atoms. The van der Waals surface area contributed by atoms with Gasteiger partial charge >= 0.3 is 6.18 Å². The van der Waals surface area contributed by atoms with E-state index >= 15 is 0 Å². The molecule has 1 heterocycles. The SMILES string of the molecule is N#Cc1cccc(-c2cc(C(F)(F)F)nc(CS(=O)[O-])n2)c1. The van der Waals surface area contributed by atoms with Crippen molar-refractivity contribution in [3.8, 4) is 17.3 Å². The molecule has 114 valence electrons. The van der Waals surface area contributed by atoms with E-state index in [1.165, 1.54) is 24.3 Å². The number of halogens is 3. The quantitative estimate of drug-likeness (QED) is 0.808. The minimum absolute atomic E-state index is 0.0973. The largest absolute Gasteiger partial charge is 0.772 e. The Kier molecular flexibility index (Phi) is 4.54. The van der Waals surface area contributed by atoms with Crippen LogP contribution in [0.5, 0.6) is 0 Å². The molecular weight excluding hydrogens is 319 g/mol. The molecule has 0 N–H and O–H groups in total. The van der Waals surface area contributed by atoms with E-state index in [2.05, 4.69) is 9.97 Å². The van der Waals surface area contributed by atoms with E-state index in [1.807, 2.05) is 6.07 Å². The first-order chi connectivity index (χ1) is 10.3. The number of aromatic nitrogens is 2. The van der Waals surface area contributed by atoms with E-state index in [4.69, 9.17) is 5.26 Å². The van der Waals surface area contributed by atoms with Crippen LogP contribution in [0.2, 0.25) is 0 Å². The number of benzene rings is 1. The van der Waals surface area contributed by atoms with Gasteiger partial charge in [-0.05, 0) is 29.3 Å². The molecule has 0 bridgehead atoms. The number of nitrogens with zero attached hydrogens (tertiary/aromatic N) is 3. The fraction of sp³-hybridized carbons (Fsp3) is 0.154. The van der Waals surface area contributed by atoms with Gasteiger partial charge in [0.05, 0.1) is 23.1 Å². The van der Waals surface area contributed by atoms with Crippen LogP contribution in [0, 0.1) is 11.3 Å². The summed E-state index contributed by atoms with van der Waals surface area (Å²) in [7, 11) is 0. The van der Waals surface area contributed by atoms with E-state index < -0.39 is 34.5 Å². The molecule has 0 saturated carbocycles. The van der Waals surface area contributed by atoms with Gasteiger partial charge in [0.1, 0.15) is 11.5 Å². The van der Waals surface area contributed by atoms with Gasteiger partial charge in [0.15, 0.2) is 0 Å². The molecule has 0 aliphatic rings. The van der Waals surface area contributed by atoms with Crippen molar-refractivity contribution < 1.29 is 21.9 Å². The molecule has 9 heteroatoms. The number of hydrogen-bond donors (Lipinski definition) is 0. The second-order valence-corrected chi connectivity index (χ2v) is 5.09. The van der Waals surface area contributed by atoms with Gasteiger partial charge in [-0.1, -0.05) is 12.1 Å². The highest BCUT2D eigenvalue weighted by Gasteiger charge is 2.33. The first-order valence-corrected chi connectivity index (χ1v) is 7.05. The Morgan fingerprint density at radius 3 is 2.59 bits per heavy atom. The van der Waals surface area contributed by atoms with Gasteiger partial charge in [0, 0.05) is 5.56 Å². The molecule has 1 aromatic heterocycles. The highest BCUT2D eigenvalue weighted by atomic mass is 32.2. The first kappa shape index (κ1) is 16.1. The Bertz CT molecular complexity index is 772. The summed E-state index contributed by atoms with van der Waals surface area (Å²) in [6.07, 6.45) is -4.73. The standard InChI is InChI=1S/C13H8F3N3O2S/c14-13(15,16)11-5-10(18-12(19-11)7-22(20)21)9-3-1-2-8(4-9)6-17/h1-5H,7H2,(H,20,21)/p-1. The monoisotopic (exact) mass is 326 g/mol. The van der Waals surface area contributed by atoms with E-state index in [0.717, 1.165) is 0 Å². The van der Waals surface area contributed by atoms with Crippen molar-refractivity contribution in [2.45, 2.75) is 11.9 Å². The lowest BCUT2D eigenvalue weighted by Crippen LogP contribution is -2.12. The van der Waals surface area contributed by atoms with E-state index in [1.54, 1.807) is 0 Å². The Balaban J connectivity index is 2.59. The molecule has 0 aliphatic heterocycles. The van der Waals surface area contributed by atoms with Crippen LogP contribution in [0.1, 0.15) is 17.1 Å². The maximum absolute atomic E-state index is 12.8. The van der Waals surface area contributed by atoms with Crippen molar-refractivity contribution in [2.75, 3.05) is 0 Å². The van der Waals surface area contributed by atoms with Crippen LogP contribution in [0.15, 0.2) is 30.3 Å². The maximum Gasteiger partial charge on any atom is 0.433 e. The zero-order valence-corrected chi connectivity index (χ0v) is 11.6. The molecule has 0 spiro atoms. The van der Waals surface area contributed by atoms with Gasteiger partial charge in [-0.15, -0.1) is 0 Å². The smallest absolute Gasteiger partial charge is 0.433 e. The predicted molar refractivity (Wildman–Crippen MR) is 69.8 cm³/mol. The van der Waals surface area contributed by atoms with Crippen molar-refractivity contribution in [2.24, 2.45) is 0 Å². The minimum atomic E-state index is -4.73. The molecule has 0 radical (unpaired) electrons. The normalized spacial score (nSPS) is 12.7. The Morgan fingerprint density at radius 2 is 2.00 bits per heavy atom. The molecule has 2 aromatic rings. The van der Waals surface area contributed by atoms with Crippen LogP contribution >= 0.6 is 0 Å². The van der Waals surface area contributed by atoms with Gasteiger partial charge in [-0.25, -0.2) is 9.97 Å². The zero-order valence-electron chi connectivity index (χ0n) is 10.8. The first-order valence-electron chi connectivity index (χ1n) is 5.81. The van der Waals surface area contributed by atoms with Crippen molar-refractivity contribution in [3.63, 3.8) is 0 Å². The summed E-state index contributed by atoms with van der Waals surface area (Å²) in [5, 5.41) is 8.82. The van der Waals surface area contributed by atoms with Crippen LogP contribution in [-0.4, -0.2) is 18.7 Å². The lowest BCUT2D eigenvalue weighted by molar-refractivity contribution is -0.141. The molecule has 2 rings (SSSR count). The van der Waals surface area contributed by atoms with Crippen LogP contribution in [0.3, 0.4) is 0 Å². The Hall–Kier alpha value is -2.31. The second kappa shape index (κ2) is 6.21. The predicted octanol–water partition coefficient (Wildman–Crippen LogP) is 2.41. The molecular formula is C13H7F3N3O2S-.